The minimum Gasteiger partial charge on any atom is -0.273 e. The molecule has 0 aliphatic heterocycles. The Bertz CT molecular complexity index is 1250. The van der Waals surface area contributed by atoms with E-state index in [2.05, 4.69) is 127 Å². The molecule has 0 amide bonds. The molecule has 35 heavy (non-hydrogen) atoms. The van der Waals surface area contributed by atoms with Gasteiger partial charge in [-0.15, -0.1) is 46.2 Å². The monoisotopic (exact) mass is 626 g/mol. The van der Waals surface area contributed by atoms with Crippen LogP contribution in [0.5, 0.6) is 0 Å². The van der Waals surface area contributed by atoms with E-state index in [-0.39, 0.29) is 10.8 Å². The summed E-state index contributed by atoms with van der Waals surface area (Å²) >= 11 is 1.17. The molecular weight excluding hydrogens is 587 g/mol. The summed E-state index contributed by atoms with van der Waals surface area (Å²) in [5.41, 5.74) is 4.61. The van der Waals surface area contributed by atoms with Gasteiger partial charge in [-0.3, -0.25) is 6.08 Å². The quantitative estimate of drug-likeness (QED) is 0.146. The van der Waals surface area contributed by atoms with Crippen LogP contribution in [0.15, 0.2) is 91.0 Å². The molecule has 0 spiro atoms. The zero-order valence-electron chi connectivity index (χ0n) is 22.4. The maximum Gasteiger partial charge on any atom is -0.109 e. The van der Waals surface area contributed by atoms with Crippen LogP contribution >= 0.6 is 0 Å². The molecular formula is C34H38Hf. The molecule has 0 saturated carbocycles. The van der Waals surface area contributed by atoms with Crippen LogP contribution in [0, 0.1) is 6.08 Å². The van der Waals surface area contributed by atoms with Gasteiger partial charge in [-0.1, -0.05) is 76.9 Å². The average molecular weight is 625 g/mol. The fourth-order valence-electron chi connectivity index (χ4n) is 3.98. The minimum absolute atomic E-state index is 0.203. The Morgan fingerprint density at radius 1 is 0.771 bits per heavy atom. The van der Waals surface area contributed by atoms with Crippen LogP contribution in [0.3, 0.4) is 0 Å². The van der Waals surface area contributed by atoms with Gasteiger partial charge in [-0.05, 0) is 10.8 Å². The first-order chi connectivity index (χ1) is 16.5. The third-order valence-corrected chi connectivity index (χ3v) is 7.27. The molecule has 0 aromatic heterocycles. The second-order valence-corrected chi connectivity index (χ2v) is 13.9. The number of hydrogen-bond donors (Lipinski definition) is 0. The fourth-order valence-corrected chi connectivity index (χ4v) is 4.58. The molecule has 0 nitrogen and oxygen atoms in total. The molecule has 0 radical (unpaired) electrons. The smallest absolute Gasteiger partial charge is 0.109 e. The first kappa shape index (κ1) is 27.3. The van der Waals surface area contributed by atoms with Gasteiger partial charge in [-0.2, -0.15) is 6.08 Å². The van der Waals surface area contributed by atoms with E-state index < -0.39 is 0 Å². The van der Waals surface area contributed by atoms with Crippen molar-refractivity contribution in [2.24, 2.45) is 0 Å². The van der Waals surface area contributed by atoms with Crippen LogP contribution in [-0.4, -0.2) is 3.26 Å². The molecule has 4 aromatic rings. The molecule has 4 aromatic carbocycles. The second-order valence-electron chi connectivity index (χ2n) is 11.2. The summed E-state index contributed by atoms with van der Waals surface area (Å²) in [6, 6.07) is 26.7. The molecule has 0 bridgehead atoms. The Morgan fingerprint density at radius 3 is 1.60 bits per heavy atom. The Balaban J connectivity index is 0.000000199. The van der Waals surface area contributed by atoms with Gasteiger partial charge in [0, 0.05) is 0 Å². The van der Waals surface area contributed by atoms with Gasteiger partial charge in [0.1, 0.15) is 0 Å². The van der Waals surface area contributed by atoms with Crippen molar-refractivity contribution in [3.63, 3.8) is 0 Å². The van der Waals surface area contributed by atoms with Crippen LogP contribution < -0.4 is 0 Å². The van der Waals surface area contributed by atoms with Gasteiger partial charge in [0.15, 0.2) is 0 Å². The summed E-state index contributed by atoms with van der Waals surface area (Å²) in [5, 5.41) is 5.48. The van der Waals surface area contributed by atoms with Crippen LogP contribution in [0.2, 0.25) is 0 Å². The first-order valence-corrected chi connectivity index (χ1v) is 14.2. The Hall–Kier alpha value is -2.25. The van der Waals surface area contributed by atoms with E-state index in [1.54, 1.807) is 0 Å². The molecule has 1 aliphatic rings. The molecule has 0 fully saturated rings. The normalized spacial score (nSPS) is 12.8. The molecule has 0 unspecified atom stereocenters. The van der Waals surface area contributed by atoms with Crippen LogP contribution in [0.25, 0.3) is 21.5 Å². The largest absolute Gasteiger partial charge is 0.273 e. The summed E-state index contributed by atoms with van der Waals surface area (Å²) < 4.78 is 1.51. The zero-order valence-corrected chi connectivity index (χ0v) is 26.0. The average Bonchev–Trinajstić information content (AvgIpc) is 3.49. The predicted molar refractivity (Wildman–Crippen MR) is 152 cm³/mol. The molecule has 0 atom stereocenters. The topological polar surface area (TPSA) is 0 Å². The van der Waals surface area contributed by atoms with Crippen molar-refractivity contribution >= 4 is 24.8 Å². The van der Waals surface area contributed by atoms with E-state index >= 15 is 0 Å². The third-order valence-electron chi connectivity index (χ3n) is 6.23. The van der Waals surface area contributed by atoms with Gasteiger partial charge in [0.2, 0.25) is 0 Å². The number of allylic oxidation sites excluding steroid dienone is 4. The maximum atomic E-state index is 2.99. The van der Waals surface area contributed by atoms with Gasteiger partial charge in [-0.25, -0.2) is 12.2 Å². The van der Waals surface area contributed by atoms with E-state index in [4.69, 9.17) is 0 Å². The number of rotatable bonds is 1. The SMILES string of the molecule is CC(C)(C)c1ccc2c(c1)[cH-]c1cc(C(C)(C)C)ccc12.C[C](=[Hf+2])c1ccccc1.[C-]1=CC=CC1. The van der Waals surface area contributed by atoms with E-state index in [1.807, 2.05) is 18.2 Å². The van der Waals surface area contributed by atoms with Crippen LogP contribution in [-0.2, 0) is 34.7 Å². The zero-order chi connectivity index (χ0) is 25.6. The number of hydrogen-bond acceptors (Lipinski definition) is 0. The maximum absolute atomic E-state index is 2.99. The molecule has 1 aliphatic carbocycles. The van der Waals surface area contributed by atoms with Crippen molar-refractivity contribution in [3.8, 4) is 0 Å². The summed E-state index contributed by atoms with van der Waals surface area (Å²) in [5.74, 6) is 0. The second kappa shape index (κ2) is 11.7. The van der Waals surface area contributed by atoms with Crippen molar-refractivity contribution in [3.05, 3.63) is 114 Å². The molecule has 0 N–H and O–H groups in total. The third kappa shape index (κ3) is 7.61. The summed E-state index contributed by atoms with van der Waals surface area (Å²) in [6.07, 6.45) is 10.0. The first-order valence-electron chi connectivity index (χ1n) is 12.4. The Kier molecular flexibility index (Phi) is 9.11. The molecule has 1 heteroatoms. The standard InChI is InChI=1S/C21H25.C8H8.C5H5.Hf/c1-20(2,3)16-7-9-18-14(12-16)11-15-13-17(21(4,5)6)8-10-19(15)18;1-2-8-6-4-3-5-7-8;1-2-4-5-3-1;/h7-13H,1-6H3;3-7H,1H3;1-3H,4H2;/q-1;;-1;+2. The van der Waals surface area contributed by atoms with Crippen molar-refractivity contribution in [2.75, 3.05) is 0 Å². The van der Waals surface area contributed by atoms with Gasteiger partial charge < -0.3 is 0 Å². The minimum atomic E-state index is 0.203. The molecule has 178 valence electrons. The van der Waals surface area contributed by atoms with Crippen LogP contribution in [0.1, 0.15) is 71.6 Å². The van der Waals surface area contributed by atoms with Crippen molar-refractivity contribution < 1.29 is 23.9 Å². The van der Waals surface area contributed by atoms with Crippen molar-refractivity contribution in [1.82, 2.24) is 0 Å². The molecule has 5 rings (SSSR count). The van der Waals surface area contributed by atoms with Gasteiger partial charge in [0.25, 0.3) is 0 Å². The van der Waals surface area contributed by atoms with E-state index in [9.17, 15) is 0 Å². The van der Waals surface area contributed by atoms with Crippen molar-refractivity contribution in [2.45, 2.75) is 65.7 Å². The van der Waals surface area contributed by atoms with Crippen LogP contribution in [0.4, 0.5) is 0 Å². The molecule has 0 heterocycles. The van der Waals surface area contributed by atoms with Gasteiger partial charge in [0.05, 0.1) is 0 Å². The Labute approximate surface area is 227 Å². The number of fused-ring (bicyclic) bond motifs is 3. The van der Waals surface area contributed by atoms with E-state index in [0.29, 0.717) is 0 Å². The van der Waals surface area contributed by atoms with E-state index in [0.717, 1.165) is 6.42 Å². The summed E-state index contributed by atoms with van der Waals surface area (Å²) in [7, 11) is 0. The van der Waals surface area contributed by atoms with E-state index in [1.165, 1.54) is 65.4 Å². The summed E-state index contributed by atoms with van der Waals surface area (Å²) in [6.45, 7) is 15.8. The van der Waals surface area contributed by atoms with Crippen molar-refractivity contribution in [1.29, 1.82) is 0 Å². The Morgan fingerprint density at radius 2 is 1.29 bits per heavy atom. The fraction of sp³-hybridized carbons (Fsp3) is 0.294. The van der Waals surface area contributed by atoms with Gasteiger partial charge >= 0.3 is 70.0 Å². The predicted octanol–water partition coefficient (Wildman–Crippen LogP) is 9.39. The molecule has 0 saturated heterocycles. The number of benzene rings is 3. The summed E-state index contributed by atoms with van der Waals surface area (Å²) in [4.78, 5) is 0.